The molecule has 4 nitrogen and oxygen atoms in total. The lowest BCUT2D eigenvalue weighted by Crippen LogP contribution is -2.12. The van der Waals surface area contributed by atoms with Gasteiger partial charge in [-0.3, -0.25) is 0 Å². The fourth-order valence-corrected chi connectivity index (χ4v) is 2.10. The number of anilines is 2. The molecule has 0 spiro atoms. The molecule has 0 bridgehead atoms. The third-order valence-corrected chi connectivity index (χ3v) is 3.06. The molecule has 0 radical (unpaired) electrons. The van der Waals surface area contributed by atoms with Gasteiger partial charge in [0.15, 0.2) is 0 Å². The van der Waals surface area contributed by atoms with Crippen molar-refractivity contribution in [1.29, 1.82) is 0 Å². The Bertz CT molecular complexity index is 589. The van der Waals surface area contributed by atoms with E-state index < -0.39 is 0 Å². The summed E-state index contributed by atoms with van der Waals surface area (Å²) in [6.07, 6.45) is 1.48. The summed E-state index contributed by atoms with van der Waals surface area (Å²) in [5.74, 6) is 1.16. The van der Waals surface area contributed by atoms with Crippen molar-refractivity contribution in [1.82, 2.24) is 9.97 Å². The first-order valence-corrected chi connectivity index (χ1v) is 7.10. The lowest BCUT2D eigenvalue weighted by molar-refractivity contribution is 0.612. The van der Waals surface area contributed by atoms with Crippen LogP contribution in [0.4, 0.5) is 16.0 Å². The predicted molar refractivity (Wildman–Crippen MR) is 82.2 cm³/mol. The molecular weight excluding hydrogens is 323 g/mol. The standard InChI is InChI=1S/C14H16BrFN4/c1-9(2)20-14-6-13(18-8-19-14)17-7-10-5-11(15)3-4-12(10)16/h3-6,8-9H,7H2,1-2H3,(H2,17,18,19,20). The molecule has 0 aliphatic carbocycles. The van der Waals surface area contributed by atoms with Crippen LogP contribution in [0, 0.1) is 5.82 Å². The van der Waals surface area contributed by atoms with Crippen molar-refractivity contribution >= 4 is 27.6 Å². The number of rotatable bonds is 5. The van der Waals surface area contributed by atoms with Gasteiger partial charge < -0.3 is 10.6 Å². The van der Waals surface area contributed by atoms with Gasteiger partial charge in [0.1, 0.15) is 23.8 Å². The van der Waals surface area contributed by atoms with Gasteiger partial charge in [-0.05, 0) is 32.0 Å². The number of nitrogens with one attached hydrogen (secondary N) is 2. The highest BCUT2D eigenvalue weighted by Crippen LogP contribution is 2.17. The van der Waals surface area contributed by atoms with E-state index in [0.29, 0.717) is 24.0 Å². The summed E-state index contributed by atoms with van der Waals surface area (Å²) in [4.78, 5) is 8.24. The fraction of sp³-hybridized carbons (Fsp3) is 0.286. The van der Waals surface area contributed by atoms with Gasteiger partial charge in [-0.1, -0.05) is 15.9 Å². The van der Waals surface area contributed by atoms with Crippen LogP contribution in [-0.2, 0) is 6.54 Å². The van der Waals surface area contributed by atoms with Crippen LogP contribution in [0.15, 0.2) is 35.1 Å². The smallest absolute Gasteiger partial charge is 0.131 e. The van der Waals surface area contributed by atoms with Crippen LogP contribution in [0.5, 0.6) is 0 Å². The summed E-state index contributed by atoms with van der Waals surface area (Å²) in [5, 5.41) is 6.28. The minimum absolute atomic E-state index is 0.240. The molecule has 0 saturated carbocycles. The summed E-state index contributed by atoms with van der Waals surface area (Å²) < 4.78 is 14.5. The van der Waals surface area contributed by atoms with Gasteiger partial charge in [-0.25, -0.2) is 14.4 Å². The molecule has 2 rings (SSSR count). The molecule has 1 aromatic carbocycles. The quantitative estimate of drug-likeness (QED) is 0.870. The molecule has 1 aromatic heterocycles. The molecule has 1 heterocycles. The van der Waals surface area contributed by atoms with Crippen LogP contribution in [0.25, 0.3) is 0 Å². The van der Waals surface area contributed by atoms with E-state index >= 15 is 0 Å². The molecular formula is C14H16BrFN4. The van der Waals surface area contributed by atoms with Gasteiger partial charge in [0.25, 0.3) is 0 Å². The van der Waals surface area contributed by atoms with E-state index in [-0.39, 0.29) is 5.82 Å². The van der Waals surface area contributed by atoms with Crippen molar-refractivity contribution < 1.29 is 4.39 Å². The highest BCUT2D eigenvalue weighted by atomic mass is 79.9. The van der Waals surface area contributed by atoms with E-state index in [1.807, 2.05) is 13.8 Å². The molecule has 2 aromatic rings. The summed E-state index contributed by atoms with van der Waals surface area (Å²) >= 11 is 3.33. The minimum Gasteiger partial charge on any atom is -0.368 e. The molecule has 0 fully saturated rings. The zero-order valence-electron chi connectivity index (χ0n) is 11.3. The van der Waals surface area contributed by atoms with E-state index in [0.717, 1.165) is 10.3 Å². The number of halogens is 2. The summed E-state index contributed by atoms with van der Waals surface area (Å²) in [6, 6.07) is 6.95. The van der Waals surface area contributed by atoms with Gasteiger partial charge >= 0.3 is 0 Å². The molecule has 0 saturated heterocycles. The number of nitrogens with zero attached hydrogens (tertiary/aromatic N) is 2. The Morgan fingerprint density at radius 3 is 2.70 bits per heavy atom. The maximum absolute atomic E-state index is 13.6. The average Bonchev–Trinajstić information content (AvgIpc) is 2.39. The second-order valence-corrected chi connectivity index (χ2v) is 5.59. The Hall–Kier alpha value is -1.69. The molecule has 2 N–H and O–H groups in total. The first-order valence-electron chi connectivity index (χ1n) is 6.31. The third-order valence-electron chi connectivity index (χ3n) is 2.57. The van der Waals surface area contributed by atoms with E-state index in [4.69, 9.17) is 0 Å². The van der Waals surface area contributed by atoms with Crippen LogP contribution < -0.4 is 10.6 Å². The highest BCUT2D eigenvalue weighted by molar-refractivity contribution is 9.10. The second kappa shape index (κ2) is 6.65. The molecule has 0 atom stereocenters. The highest BCUT2D eigenvalue weighted by Gasteiger charge is 2.04. The number of hydrogen-bond donors (Lipinski definition) is 2. The summed E-state index contributed by atoms with van der Waals surface area (Å²) in [5.41, 5.74) is 0.580. The van der Waals surface area contributed by atoms with Crippen molar-refractivity contribution in [3.8, 4) is 0 Å². The second-order valence-electron chi connectivity index (χ2n) is 4.68. The molecule has 0 amide bonds. The molecule has 106 valence electrons. The van der Waals surface area contributed by atoms with Crippen LogP contribution in [0.3, 0.4) is 0 Å². The maximum Gasteiger partial charge on any atom is 0.131 e. The van der Waals surface area contributed by atoms with Crippen molar-refractivity contribution in [3.63, 3.8) is 0 Å². The first-order chi connectivity index (χ1) is 9.54. The van der Waals surface area contributed by atoms with E-state index in [1.165, 1.54) is 12.4 Å². The Labute approximate surface area is 126 Å². The molecule has 0 unspecified atom stereocenters. The van der Waals surface area contributed by atoms with Crippen molar-refractivity contribution in [2.45, 2.75) is 26.4 Å². The Morgan fingerprint density at radius 1 is 1.20 bits per heavy atom. The van der Waals surface area contributed by atoms with Gasteiger partial charge in [0.2, 0.25) is 0 Å². The Balaban J connectivity index is 2.05. The van der Waals surface area contributed by atoms with Gasteiger partial charge in [-0.2, -0.15) is 0 Å². The molecule has 20 heavy (non-hydrogen) atoms. The molecule has 0 aliphatic rings. The largest absolute Gasteiger partial charge is 0.368 e. The molecule has 6 heteroatoms. The first kappa shape index (κ1) is 14.7. The number of aromatic nitrogens is 2. The van der Waals surface area contributed by atoms with E-state index in [9.17, 15) is 4.39 Å². The van der Waals surface area contributed by atoms with E-state index in [1.54, 1.807) is 18.2 Å². The summed E-state index contributed by atoms with van der Waals surface area (Å²) in [6.45, 7) is 4.43. The fourth-order valence-electron chi connectivity index (χ4n) is 1.69. The Kier molecular flexibility index (Phi) is 4.89. The Morgan fingerprint density at radius 2 is 1.95 bits per heavy atom. The van der Waals surface area contributed by atoms with Gasteiger partial charge in [0.05, 0.1) is 0 Å². The normalized spacial score (nSPS) is 10.7. The maximum atomic E-state index is 13.6. The zero-order chi connectivity index (χ0) is 14.5. The SMILES string of the molecule is CC(C)Nc1cc(NCc2cc(Br)ccc2F)ncn1. The summed E-state index contributed by atoms with van der Waals surface area (Å²) in [7, 11) is 0. The zero-order valence-corrected chi connectivity index (χ0v) is 12.9. The topological polar surface area (TPSA) is 49.8 Å². The third kappa shape index (κ3) is 4.16. The number of hydrogen-bond acceptors (Lipinski definition) is 4. The van der Waals surface area contributed by atoms with Crippen LogP contribution in [-0.4, -0.2) is 16.0 Å². The lowest BCUT2D eigenvalue weighted by Gasteiger charge is -2.11. The van der Waals surface area contributed by atoms with Crippen LogP contribution in [0.1, 0.15) is 19.4 Å². The van der Waals surface area contributed by atoms with Crippen molar-refractivity contribution in [2.24, 2.45) is 0 Å². The minimum atomic E-state index is -0.240. The van der Waals surface area contributed by atoms with E-state index in [2.05, 4.69) is 36.5 Å². The van der Waals surface area contributed by atoms with Gasteiger partial charge in [0, 0.05) is 28.7 Å². The monoisotopic (exact) mass is 338 g/mol. The van der Waals surface area contributed by atoms with Crippen LogP contribution >= 0.6 is 15.9 Å². The predicted octanol–water partition coefficient (Wildman–Crippen LogP) is 3.81. The van der Waals surface area contributed by atoms with Gasteiger partial charge in [-0.15, -0.1) is 0 Å². The van der Waals surface area contributed by atoms with Crippen molar-refractivity contribution in [2.75, 3.05) is 10.6 Å². The van der Waals surface area contributed by atoms with Crippen LogP contribution in [0.2, 0.25) is 0 Å². The number of benzene rings is 1. The average molecular weight is 339 g/mol. The molecule has 0 aliphatic heterocycles. The lowest BCUT2D eigenvalue weighted by atomic mass is 10.2. The van der Waals surface area contributed by atoms with Crippen molar-refractivity contribution in [3.05, 3.63) is 46.4 Å².